The van der Waals surface area contributed by atoms with Crippen molar-refractivity contribution in [1.82, 2.24) is 4.57 Å². The molecule has 0 bridgehead atoms. The molecule has 0 saturated carbocycles. The lowest BCUT2D eigenvalue weighted by molar-refractivity contribution is -0.116. The largest absolute Gasteiger partial charge is 0.508 e. The summed E-state index contributed by atoms with van der Waals surface area (Å²) in [5.41, 5.74) is 1.34. The van der Waals surface area contributed by atoms with Gasteiger partial charge in [0, 0.05) is 37.0 Å². The molecule has 3 rings (SSSR count). The Kier molecular flexibility index (Phi) is 5.22. The molecule has 144 valence electrons. The van der Waals surface area contributed by atoms with Crippen LogP contribution in [0.4, 0.5) is 11.4 Å². The molecule has 27 heavy (non-hydrogen) atoms. The monoisotopic (exact) mass is 391 g/mol. The highest BCUT2D eigenvalue weighted by molar-refractivity contribution is 7.93. The number of anilines is 2. The van der Waals surface area contributed by atoms with Crippen molar-refractivity contribution in [2.45, 2.75) is 26.3 Å². The van der Waals surface area contributed by atoms with Crippen molar-refractivity contribution >= 4 is 27.3 Å². The fourth-order valence-corrected chi connectivity index (χ4v) is 4.64. The molecule has 1 aliphatic rings. The van der Waals surface area contributed by atoms with E-state index >= 15 is 0 Å². The molecule has 0 radical (unpaired) electrons. The number of pyridine rings is 1. The number of carbonyl (C=O) groups excluding carboxylic acids is 1. The third kappa shape index (κ3) is 4.30. The van der Waals surface area contributed by atoms with Crippen LogP contribution in [-0.2, 0) is 21.4 Å². The van der Waals surface area contributed by atoms with Gasteiger partial charge in [0.25, 0.3) is 5.56 Å². The SMILES string of the molecule is Cc1cc(O)cc(=O)n1CCC(=O)Nc1ccc(N2CCCS2(=O)=O)cc1. The van der Waals surface area contributed by atoms with Crippen molar-refractivity contribution in [3.63, 3.8) is 0 Å². The van der Waals surface area contributed by atoms with Gasteiger partial charge in [-0.2, -0.15) is 0 Å². The average Bonchev–Trinajstić information content (AvgIpc) is 2.94. The molecule has 0 atom stereocenters. The summed E-state index contributed by atoms with van der Waals surface area (Å²) in [4.78, 5) is 24.0. The second-order valence-corrected chi connectivity index (χ2v) is 8.44. The summed E-state index contributed by atoms with van der Waals surface area (Å²) in [5, 5.41) is 12.1. The Labute approximate surface area is 157 Å². The van der Waals surface area contributed by atoms with Crippen LogP contribution in [0.25, 0.3) is 0 Å². The van der Waals surface area contributed by atoms with Crippen LogP contribution in [0.5, 0.6) is 5.75 Å². The van der Waals surface area contributed by atoms with E-state index < -0.39 is 10.0 Å². The van der Waals surface area contributed by atoms with Gasteiger partial charge in [-0.3, -0.25) is 13.9 Å². The standard InChI is InChI=1S/C18H21N3O5S/c1-13-11-16(22)12-18(24)20(13)9-7-17(23)19-14-3-5-15(6-4-14)21-8-2-10-27(21,25)26/h3-6,11-12,22H,2,7-10H2,1H3,(H,19,23). The number of aryl methyl sites for hydroxylation is 1. The summed E-state index contributed by atoms with van der Waals surface area (Å²) in [5.74, 6) is -0.212. The number of nitrogens with one attached hydrogen (secondary N) is 1. The minimum absolute atomic E-state index is 0.0910. The van der Waals surface area contributed by atoms with Crippen LogP contribution in [0.1, 0.15) is 18.5 Å². The van der Waals surface area contributed by atoms with E-state index in [0.29, 0.717) is 30.0 Å². The van der Waals surface area contributed by atoms with Crippen LogP contribution in [0.3, 0.4) is 0 Å². The molecule has 2 heterocycles. The Morgan fingerprint density at radius 1 is 1.22 bits per heavy atom. The van der Waals surface area contributed by atoms with Crippen molar-refractivity contribution in [3.8, 4) is 5.75 Å². The third-order valence-electron chi connectivity index (χ3n) is 4.42. The first-order valence-corrected chi connectivity index (χ1v) is 10.2. The minimum atomic E-state index is -3.23. The fourth-order valence-electron chi connectivity index (χ4n) is 3.08. The molecule has 1 saturated heterocycles. The van der Waals surface area contributed by atoms with Crippen molar-refractivity contribution in [2.75, 3.05) is 21.9 Å². The lowest BCUT2D eigenvalue weighted by atomic mass is 10.2. The number of benzene rings is 1. The van der Waals surface area contributed by atoms with Gasteiger partial charge in [0.15, 0.2) is 0 Å². The number of carbonyl (C=O) groups is 1. The molecule has 9 heteroatoms. The van der Waals surface area contributed by atoms with Crippen molar-refractivity contribution in [2.24, 2.45) is 0 Å². The molecule has 2 aromatic rings. The maximum atomic E-state index is 12.1. The van der Waals surface area contributed by atoms with E-state index in [0.717, 1.165) is 6.07 Å². The molecule has 1 aliphatic heterocycles. The zero-order valence-electron chi connectivity index (χ0n) is 14.9. The van der Waals surface area contributed by atoms with Crippen molar-refractivity contribution in [3.05, 3.63) is 52.4 Å². The van der Waals surface area contributed by atoms with Crippen LogP contribution in [0.15, 0.2) is 41.2 Å². The predicted molar refractivity (Wildman–Crippen MR) is 103 cm³/mol. The van der Waals surface area contributed by atoms with Gasteiger partial charge in [-0.15, -0.1) is 0 Å². The van der Waals surface area contributed by atoms with E-state index in [4.69, 9.17) is 0 Å². The highest BCUT2D eigenvalue weighted by Gasteiger charge is 2.28. The van der Waals surface area contributed by atoms with Gasteiger partial charge in [0.1, 0.15) is 5.75 Å². The maximum absolute atomic E-state index is 12.1. The number of amides is 1. The summed E-state index contributed by atoms with van der Waals surface area (Å²) in [6.45, 7) is 2.35. The zero-order chi connectivity index (χ0) is 19.6. The van der Waals surface area contributed by atoms with Crippen LogP contribution < -0.4 is 15.2 Å². The quantitative estimate of drug-likeness (QED) is 0.801. The Morgan fingerprint density at radius 2 is 1.93 bits per heavy atom. The van der Waals surface area contributed by atoms with Crippen LogP contribution in [-0.4, -0.2) is 36.3 Å². The molecule has 1 amide bonds. The Hall–Kier alpha value is -2.81. The summed E-state index contributed by atoms with van der Waals surface area (Å²) in [7, 11) is -3.23. The van der Waals surface area contributed by atoms with E-state index in [1.807, 2.05) is 0 Å². The van der Waals surface area contributed by atoms with Gasteiger partial charge in [-0.1, -0.05) is 0 Å². The zero-order valence-corrected chi connectivity index (χ0v) is 15.7. The van der Waals surface area contributed by atoms with Gasteiger partial charge in [0.2, 0.25) is 15.9 Å². The van der Waals surface area contributed by atoms with Gasteiger partial charge in [-0.25, -0.2) is 8.42 Å². The van der Waals surface area contributed by atoms with Gasteiger partial charge < -0.3 is 15.0 Å². The van der Waals surface area contributed by atoms with Crippen molar-refractivity contribution in [1.29, 1.82) is 0 Å². The number of rotatable bonds is 5. The van der Waals surface area contributed by atoms with Crippen molar-refractivity contribution < 1.29 is 18.3 Å². The number of aromatic nitrogens is 1. The molecule has 1 aromatic heterocycles. The smallest absolute Gasteiger partial charge is 0.254 e. The summed E-state index contributed by atoms with van der Waals surface area (Å²) >= 11 is 0. The molecule has 0 unspecified atom stereocenters. The maximum Gasteiger partial charge on any atom is 0.254 e. The molecular formula is C18H21N3O5S. The second-order valence-electron chi connectivity index (χ2n) is 6.43. The molecule has 8 nitrogen and oxygen atoms in total. The average molecular weight is 391 g/mol. The van der Waals surface area contributed by atoms with E-state index in [9.17, 15) is 23.1 Å². The highest BCUT2D eigenvalue weighted by atomic mass is 32.2. The first-order valence-electron chi connectivity index (χ1n) is 8.57. The lowest BCUT2D eigenvalue weighted by Gasteiger charge is -2.17. The fraction of sp³-hybridized carbons (Fsp3) is 0.333. The van der Waals surface area contributed by atoms with Gasteiger partial charge >= 0.3 is 0 Å². The Balaban J connectivity index is 1.61. The Morgan fingerprint density at radius 3 is 2.52 bits per heavy atom. The number of sulfonamides is 1. The first-order chi connectivity index (χ1) is 12.8. The Bertz CT molecular complexity index is 1010. The van der Waals surface area contributed by atoms with Crippen LogP contribution >= 0.6 is 0 Å². The van der Waals surface area contributed by atoms with Gasteiger partial charge in [-0.05, 0) is 43.7 Å². The summed E-state index contributed by atoms with van der Waals surface area (Å²) in [6.07, 6.45) is 0.699. The lowest BCUT2D eigenvalue weighted by Crippen LogP contribution is -2.25. The normalized spacial score (nSPS) is 15.7. The third-order valence-corrected chi connectivity index (χ3v) is 6.29. The van der Waals surface area contributed by atoms with E-state index in [2.05, 4.69) is 5.32 Å². The van der Waals surface area contributed by atoms with Crippen LogP contribution in [0, 0.1) is 6.92 Å². The number of nitrogens with zero attached hydrogens (tertiary/aromatic N) is 2. The molecule has 2 N–H and O–H groups in total. The summed E-state index contributed by atoms with van der Waals surface area (Å²) < 4.78 is 26.7. The minimum Gasteiger partial charge on any atom is -0.508 e. The van der Waals surface area contributed by atoms with Gasteiger partial charge in [0.05, 0.1) is 11.4 Å². The summed E-state index contributed by atoms with van der Waals surface area (Å²) in [6, 6.07) is 9.19. The van der Waals surface area contributed by atoms with Crippen LogP contribution in [0.2, 0.25) is 0 Å². The number of hydrogen-bond donors (Lipinski definition) is 2. The molecular weight excluding hydrogens is 370 g/mol. The molecule has 0 spiro atoms. The number of aromatic hydroxyl groups is 1. The molecule has 1 fully saturated rings. The van der Waals surface area contributed by atoms with E-state index in [1.54, 1.807) is 31.2 Å². The highest BCUT2D eigenvalue weighted by Crippen LogP contribution is 2.25. The first kappa shape index (κ1) is 19.0. The predicted octanol–water partition coefficient (Wildman–Crippen LogP) is 1.43. The molecule has 1 aromatic carbocycles. The second kappa shape index (κ2) is 7.43. The molecule has 0 aliphatic carbocycles. The van der Waals surface area contributed by atoms with E-state index in [1.165, 1.54) is 14.9 Å². The van der Waals surface area contributed by atoms with E-state index in [-0.39, 0.29) is 35.9 Å². The number of hydrogen-bond acceptors (Lipinski definition) is 5. The topological polar surface area (TPSA) is 109 Å².